The van der Waals surface area contributed by atoms with E-state index in [9.17, 15) is 4.79 Å². The number of rotatable bonds is 5. The average Bonchev–Trinajstić information content (AvgIpc) is 2.44. The smallest absolute Gasteiger partial charge is 0.222 e. The zero-order valence-electron chi connectivity index (χ0n) is 11.6. The molecule has 1 amide bonds. The summed E-state index contributed by atoms with van der Waals surface area (Å²) in [4.78, 5) is 13.9. The zero-order valence-corrected chi connectivity index (χ0v) is 13.1. The topological polar surface area (TPSA) is 55.6 Å². The maximum absolute atomic E-state index is 12.0. The quantitative estimate of drug-likeness (QED) is 0.838. The fourth-order valence-corrected chi connectivity index (χ4v) is 2.66. The number of amides is 1. The summed E-state index contributed by atoms with van der Waals surface area (Å²) in [5.74, 6) is 1.05. The Balaban J connectivity index is 1.64. The van der Waals surface area contributed by atoms with E-state index in [2.05, 4.69) is 15.9 Å². The highest BCUT2D eigenvalue weighted by Gasteiger charge is 2.19. The van der Waals surface area contributed by atoms with Gasteiger partial charge in [0.25, 0.3) is 0 Å². The lowest BCUT2D eigenvalue weighted by molar-refractivity contribution is -0.132. The molecule has 0 radical (unpaired) electrons. The molecular weight excluding hydrogens is 320 g/mol. The Morgan fingerprint density at radius 1 is 1.40 bits per heavy atom. The molecule has 2 rings (SSSR count). The lowest BCUT2D eigenvalue weighted by Gasteiger charge is -2.30. The van der Waals surface area contributed by atoms with E-state index < -0.39 is 0 Å². The van der Waals surface area contributed by atoms with E-state index in [0.717, 1.165) is 42.6 Å². The van der Waals surface area contributed by atoms with E-state index in [4.69, 9.17) is 10.5 Å². The van der Waals surface area contributed by atoms with E-state index in [0.29, 0.717) is 13.0 Å². The standard InChI is InChI=1S/C15H21BrN2O2/c16-12-3-1-4-14(11-12)20-10-2-5-15(19)18-8-6-13(17)7-9-18/h1,3-4,11,13H,2,5-10,17H2. The zero-order chi connectivity index (χ0) is 14.4. The summed E-state index contributed by atoms with van der Waals surface area (Å²) >= 11 is 3.40. The number of hydrogen-bond acceptors (Lipinski definition) is 3. The van der Waals surface area contributed by atoms with Crippen LogP contribution in [-0.2, 0) is 4.79 Å². The summed E-state index contributed by atoms with van der Waals surface area (Å²) in [5, 5.41) is 0. The van der Waals surface area contributed by atoms with Crippen LogP contribution in [0.4, 0.5) is 0 Å². The highest BCUT2D eigenvalue weighted by molar-refractivity contribution is 9.10. The molecule has 1 fully saturated rings. The summed E-state index contributed by atoms with van der Waals surface area (Å²) in [6.07, 6.45) is 3.12. The summed E-state index contributed by atoms with van der Waals surface area (Å²) < 4.78 is 6.62. The molecule has 0 unspecified atom stereocenters. The number of carbonyl (C=O) groups is 1. The van der Waals surface area contributed by atoms with E-state index in [1.54, 1.807) is 0 Å². The van der Waals surface area contributed by atoms with Gasteiger partial charge in [-0.25, -0.2) is 0 Å². The Morgan fingerprint density at radius 3 is 2.85 bits per heavy atom. The molecule has 1 heterocycles. The first-order valence-electron chi connectivity index (χ1n) is 7.07. The highest BCUT2D eigenvalue weighted by Crippen LogP contribution is 2.18. The number of halogens is 1. The first-order chi connectivity index (χ1) is 9.65. The lowest BCUT2D eigenvalue weighted by atomic mass is 10.1. The number of ether oxygens (including phenoxy) is 1. The van der Waals surface area contributed by atoms with E-state index in [1.807, 2.05) is 29.2 Å². The van der Waals surface area contributed by atoms with Crippen molar-refractivity contribution >= 4 is 21.8 Å². The molecule has 1 aliphatic heterocycles. The van der Waals surface area contributed by atoms with Gasteiger partial charge < -0.3 is 15.4 Å². The van der Waals surface area contributed by atoms with Crippen molar-refractivity contribution in [3.8, 4) is 5.75 Å². The maximum atomic E-state index is 12.0. The second-order valence-corrected chi connectivity index (χ2v) is 6.04. The van der Waals surface area contributed by atoms with Crippen LogP contribution in [0.2, 0.25) is 0 Å². The van der Waals surface area contributed by atoms with Gasteiger partial charge in [-0.2, -0.15) is 0 Å². The van der Waals surface area contributed by atoms with Gasteiger partial charge in [0.15, 0.2) is 0 Å². The number of likely N-dealkylation sites (tertiary alicyclic amines) is 1. The molecule has 0 saturated carbocycles. The minimum absolute atomic E-state index is 0.217. The van der Waals surface area contributed by atoms with Crippen LogP contribution < -0.4 is 10.5 Å². The molecule has 2 N–H and O–H groups in total. The Bertz CT molecular complexity index is 445. The molecule has 0 aromatic heterocycles. The fourth-order valence-electron chi connectivity index (χ4n) is 2.28. The van der Waals surface area contributed by atoms with E-state index in [-0.39, 0.29) is 11.9 Å². The monoisotopic (exact) mass is 340 g/mol. The number of nitrogens with zero attached hydrogens (tertiary/aromatic N) is 1. The predicted molar refractivity (Wildman–Crippen MR) is 82.7 cm³/mol. The molecule has 0 aliphatic carbocycles. The summed E-state index contributed by atoms with van der Waals surface area (Å²) in [7, 11) is 0. The SMILES string of the molecule is NC1CCN(C(=O)CCCOc2cccc(Br)c2)CC1. The molecule has 5 heteroatoms. The third-order valence-corrected chi connectivity index (χ3v) is 3.99. The van der Waals surface area contributed by atoms with Crippen molar-refractivity contribution in [2.45, 2.75) is 31.7 Å². The summed E-state index contributed by atoms with van der Waals surface area (Å²) in [5.41, 5.74) is 5.83. The molecular formula is C15H21BrN2O2. The normalized spacial score (nSPS) is 16.2. The summed E-state index contributed by atoms with van der Waals surface area (Å²) in [6.45, 7) is 2.16. The van der Waals surface area contributed by atoms with Gasteiger partial charge in [0.05, 0.1) is 6.61 Å². The second kappa shape index (κ2) is 7.64. The first-order valence-corrected chi connectivity index (χ1v) is 7.86. The Kier molecular flexibility index (Phi) is 5.86. The van der Waals surface area contributed by atoms with Gasteiger partial charge in [-0.05, 0) is 37.5 Å². The van der Waals surface area contributed by atoms with Gasteiger partial charge in [0, 0.05) is 30.0 Å². The number of nitrogens with two attached hydrogens (primary N) is 1. The van der Waals surface area contributed by atoms with Crippen molar-refractivity contribution in [1.29, 1.82) is 0 Å². The van der Waals surface area contributed by atoms with Gasteiger partial charge in [0.1, 0.15) is 5.75 Å². The number of hydrogen-bond donors (Lipinski definition) is 1. The second-order valence-electron chi connectivity index (χ2n) is 5.13. The van der Waals surface area contributed by atoms with Gasteiger partial charge in [-0.15, -0.1) is 0 Å². The number of piperidine rings is 1. The maximum Gasteiger partial charge on any atom is 0.222 e. The van der Waals surface area contributed by atoms with E-state index >= 15 is 0 Å². The molecule has 1 saturated heterocycles. The minimum Gasteiger partial charge on any atom is -0.494 e. The Morgan fingerprint density at radius 2 is 2.15 bits per heavy atom. The molecule has 0 atom stereocenters. The first kappa shape index (κ1) is 15.3. The predicted octanol–water partition coefficient (Wildman–Crippen LogP) is 2.56. The van der Waals surface area contributed by atoms with Crippen LogP contribution in [0.15, 0.2) is 28.7 Å². The van der Waals surface area contributed by atoms with Crippen LogP contribution in [0.25, 0.3) is 0 Å². The molecule has 1 aromatic carbocycles. The van der Waals surface area contributed by atoms with Crippen LogP contribution in [0.3, 0.4) is 0 Å². The lowest BCUT2D eigenvalue weighted by Crippen LogP contribution is -2.42. The van der Waals surface area contributed by atoms with Crippen molar-refractivity contribution in [2.24, 2.45) is 5.73 Å². The van der Waals surface area contributed by atoms with Crippen LogP contribution in [0.1, 0.15) is 25.7 Å². The Labute approximate surface area is 128 Å². The molecule has 0 bridgehead atoms. The molecule has 0 spiro atoms. The van der Waals surface area contributed by atoms with Crippen molar-refractivity contribution in [2.75, 3.05) is 19.7 Å². The highest BCUT2D eigenvalue weighted by atomic mass is 79.9. The third-order valence-electron chi connectivity index (χ3n) is 3.49. The van der Waals surface area contributed by atoms with Crippen molar-refractivity contribution in [3.63, 3.8) is 0 Å². The fraction of sp³-hybridized carbons (Fsp3) is 0.533. The summed E-state index contributed by atoms with van der Waals surface area (Å²) in [6, 6.07) is 7.99. The van der Waals surface area contributed by atoms with Gasteiger partial charge in [-0.3, -0.25) is 4.79 Å². The molecule has 1 aliphatic rings. The number of carbonyl (C=O) groups excluding carboxylic acids is 1. The van der Waals surface area contributed by atoms with Crippen molar-refractivity contribution < 1.29 is 9.53 Å². The average molecular weight is 341 g/mol. The molecule has 110 valence electrons. The molecule has 4 nitrogen and oxygen atoms in total. The number of benzene rings is 1. The van der Waals surface area contributed by atoms with Crippen molar-refractivity contribution in [1.82, 2.24) is 4.90 Å². The largest absolute Gasteiger partial charge is 0.494 e. The van der Waals surface area contributed by atoms with Crippen molar-refractivity contribution in [3.05, 3.63) is 28.7 Å². The van der Waals surface area contributed by atoms with Gasteiger partial charge in [0.2, 0.25) is 5.91 Å². The van der Waals surface area contributed by atoms with Crippen LogP contribution in [0, 0.1) is 0 Å². The van der Waals surface area contributed by atoms with Gasteiger partial charge in [-0.1, -0.05) is 22.0 Å². The van der Waals surface area contributed by atoms with Crippen LogP contribution in [-0.4, -0.2) is 36.5 Å². The third kappa shape index (κ3) is 4.80. The van der Waals surface area contributed by atoms with Crippen LogP contribution >= 0.6 is 15.9 Å². The molecule has 20 heavy (non-hydrogen) atoms. The van der Waals surface area contributed by atoms with E-state index in [1.165, 1.54) is 0 Å². The van der Waals surface area contributed by atoms with Gasteiger partial charge >= 0.3 is 0 Å². The minimum atomic E-state index is 0.217. The Hall–Kier alpha value is -1.07. The molecule has 1 aromatic rings. The van der Waals surface area contributed by atoms with Crippen LogP contribution in [0.5, 0.6) is 5.75 Å².